The summed E-state index contributed by atoms with van der Waals surface area (Å²) in [6.45, 7) is -0.501. The lowest BCUT2D eigenvalue weighted by Gasteiger charge is -2.17. The van der Waals surface area contributed by atoms with Gasteiger partial charge in [-0.15, -0.1) is 0 Å². The van der Waals surface area contributed by atoms with Crippen LogP contribution in [0, 0.1) is 0 Å². The fourth-order valence-electron chi connectivity index (χ4n) is 2.79. The zero-order chi connectivity index (χ0) is 19.7. The van der Waals surface area contributed by atoms with Crippen molar-refractivity contribution in [1.82, 2.24) is 19.5 Å². The molecule has 2 aromatic rings. The van der Waals surface area contributed by atoms with Crippen LogP contribution in [0.3, 0.4) is 0 Å². The molecular weight excluding hydrogens is 366 g/mol. The standard InChI is InChI=1S/C14H17N5O8/c20-2-6-9(23)10(24)13(27-6)19-4-17-8-11(15-3-16-12(8)19)18-5(14(25)26)1-7(21)22/h3-6,9-10,13,20,23-24H,1-2H2,(H,21,22)(H,25,26)(H,15,16,18)/t5?,6-,9?,10?,13-/m1/s1. The quantitative estimate of drug-likeness (QED) is 0.301. The summed E-state index contributed by atoms with van der Waals surface area (Å²) in [5, 5.41) is 49.7. The Kier molecular flexibility index (Phi) is 5.18. The Morgan fingerprint density at radius 1 is 1.22 bits per heavy atom. The molecule has 6 N–H and O–H groups in total. The summed E-state index contributed by atoms with van der Waals surface area (Å²) < 4.78 is 6.72. The third-order valence-electron chi connectivity index (χ3n) is 4.14. The molecule has 27 heavy (non-hydrogen) atoms. The van der Waals surface area contributed by atoms with Gasteiger partial charge in [0.2, 0.25) is 0 Å². The minimum Gasteiger partial charge on any atom is -0.481 e. The van der Waals surface area contributed by atoms with Crippen LogP contribution in [0.4, 0.5) is 5.82 Å². The molecule has 1 fully saturated rings. The SMILES string of the molecule is O=C(O)CC(Nc1ncnc2c1ncn2[C@@H]1O[C@H](CO)C(O)C1O)C(=O)O. The average Bonchev–Trinajstić information content (AvgIpc) is 3.16. The van der Waals surface area contributed by atoms with Gasteiger partial charge in [0.25, 0.3) is 0 Å². The van der Waals surface area contributed by atoms with Gasteiger partial charge in [0.1, 0.15) is 30.7 Å². The number of aliphatic hydroxyl groups excluding tert-OH is 3. The van der Waals surface area contributed by atoms with Gasteiger partial charge >= 0.3 is 11.9 Å². The second-order valence-electron chi connectivity index (χ2n) is 5.91. The van der Waals surface area contributed by atoms with Crippen molar-refractivity contribution >= 4 is 28.9 Å². The fraction of sp³-hybridized carbons (Fsp3) is 0.500. The maximum Gasteiger partial charge on any atom is 0.326 e. The second-order valence-corrected chi connectivity index (χ2v) is 5.91. The molecule has 146 valence electrons. The van der Waals surface area contributed by atoms with Gasteiger partial charge in [-0.05, 0) is 0 Å². The van der Waals surface area contributed by atoms with Crippen LogP contribution in [0.25, 0.3) is 11.2 Å². The summed E-state index contributed by atoms with van der Waals surface area (Å²) >= 11 is 0. The normalized spacial score (nSPS) is 26.2. The Balaban J connectivity index is 1.93. The van der Waals surface area contributed by atoms with Crippen molar-refractivity contribution in [2.45, 2.75) is 37.0 Å². The molecule has 0 amide bonds. The lowest BCUT2D eigenvalue weighted by molar-refractivity contribution is -0.144. The Morgan fingerprint density at radius 2 is 1.96 bits per heavy atom. The van der Waals surface area contributed by atoms with Crippen molar-refractivity contribution in [2.24, 2.45) is 0 Å². The van der Waals surface area contributed by atoms with Crippen molar-refractivity contribution in [2.75, 3.05) is 11.9 Å². The third kappa shape index (κ3) is 3.52. The Morgan fingerprint density at radius 3 is 2.56 bits per heavy atom. The second kappa shape index (κ2) is 7.40. The number of hydrogen-bond acceptors (Lipinski definition) is 10. The van der Waals surface area contributed by atoms with Gasteiger partial charge in [-0.1, -0.05) is 0 Å². The number of anilines is 1. The summed E-state index contributed by atoms with van der Waals surface area (Å²) in [4.78, 5) is 34.0. The Bertz CT molecular complexity index is 857. The van der Waals surface area contributed by atoms with Crippen LogP contribution in [0.2, 0.25) is 0 Å². The number of ether oxygens (including phenoxy) is 1. The maximum absolute atomic E-state index is 11.2. The highest BCUT2D eigenvalue weighted by molar-refractivity contribution is 5.88. The van der Waals surface area contributed by atoms with Gasteiger partial charge in [-0.2, -0.15) is 0 Å². The van der Waals surface area contributed by atoms with Crippen molar-refractivity contribution < 1.29 is 39.9 Å². The van der Waals surface area contributed by atoms with Crippen molar-refractivity contribution in [3.05, 3.63) is 12.7 Å². The molecule has 3 heterocycles. The lowest BCUT2D eigenvalue weighted by Crippen LogP contribution is -2.33. The minimum atomic E-state index is -1.44. The Hall–Kier alpha value is -2.87. The number of aliphatic hydroxyl groups is 3. The third-order valence-corrected chi connectivity index (χ3v) is 4.14. The molecular formula is C14H17N5O8. The van der Waals surface area contributed by atoms with Crippen LogP contribution in [-0.4, -0.2) is 88.0 Å². The number of aromatic nitrogens is 4. The zero-order valence-electron chi connectivity index (χ0n) is 13.7. The molecule has 3 rings (SSSR count). The van der Waals surface area contributed by atoms with Gasteiger partial charge in [-0.3, -0.25) is 9.36 Å². The van der Waals surface area contributed by atoms with E-state index in [1.165, 1.54) is 10.9 Å². The molecule has 0 saturated carbocycles. The van der Waals surface area contributed by atoms with Gasteiger partial charge in [0.15, 0.2) is 23.2 Å². The molecule has 1 aliphatic rings. The van der Waals surface area contributed by atoms with E-state index in [1.807, 2.05) is 0 Å². The van der Waals surface area contributed by atoms with E-state index in [9.17, 15) is 24.9 Å². The average molecular weight is 383 g/mol. The maximum atomic E-state index is 11.2. The number of carbonyl (C=O) groups is 2. The molecule has 3 unspecified atom stereocenters. The van der Waals surface area contributed by atoms with Crippen molar-refractivity contribution in [1.29, 1.82) is 0 Å². The first-order valence-electron chi connectivity index (χ1n) is 7.84. The fourth-order valence-corrected chi connectivity index (χ4v) is 2.79. The van der Waals surface area contributed by atoms with E-state index in [1.54, 1.807) is 0 Å². The summed E-state index contributed by atoms with van der Waals surface area (Å²) in [6.07, 6.45) is -3.08. The number of carboxylic acids is 2. The number of fused-ring (bicyclic) bond motifs is 1. The molecule has 1 aliphatic heterocycles. The molecule has 5 atom stereocenters. The molecule has 2 aromatic heterocycles. The zero-order valence-corrected chi connectivity index (χ0v) is 13.7. The molecule has 0 spiro atoms. The van der Waals surface area contributed by atoms with Crippen LogP contribution in [0.5, 0.6) is 0 Å². The minimum absolute atomic E-state index is 0.0147. The van der Waals surface area contributed by atoms with Crippen LogP contribution in [0.1, 0.15) is 12.6 Å². The number of aliphatic carboxylic acids is 2. The molecule has 0 bridgehead atoms. The molecule has 13 nitrogen and oxygen atoms in total. The van der Waals surface area contributed by atoms with Gasteiger partial charge < -0.3 is 35.6 Å². The van der Waals surface area contributed by atoms with E-state index >= 15 is 0 Å². The Labute approximate surface area is 150 Å². The number of carboxylic acid groups (broad SMARTS) is 2. The van der Waals surface area contributed by atoms with Crippen molar-refractivity contribution in [3.8, 4) is 0 Å². The monoisotopic (exact) mass is 383 g/mol. The van der Waals surface area contributed by atoms with Gasteiger partial charge in [0.05, 0.1) is 19.4 Å². The van der Waals surface area contributed by atoms with E-state index in [0.29, 0.717) is 0 Å². The summed E-state index contributed by atoms with van der Waals surface area (Å²) in [6, 6.07) is -1.44. The first kappa shape index (κ1) is 18.9. The first-order valence-corrected chi connectivity index (χ1v) is 7.84. The van der Waals surface area contributed by atoms with Crippen LogP contribution in [0.15, 0.2) is 12.7 Å². The predicted molar refractivity (Wildman–Crippen MR) is 85.6 cm³/mol. The summed E-state index contributed by atoms with van der Waals surface area (Å²) in [5.74, 6) is -2.71. The summed E-state index contributed by atoms with van der Waals surface area (Å²) in [7, 11) is 0. The highest BCUT2D eigenvalue weighted by Gasteiger charge is 2.44. The van der Waals surface area contributed by atoms with E-state index in [4.69, 9.17) is 14.9 Å². The van der Waals surface area contributed by atoms with E-state index < -0.39 is 55.5 Å². The van der Waals surface area contributed by atoms with Crippen LogP contribution < -0.4 is 5.32 Å². The molecule has 0 aromatic carbocycles. The highest BCUT2D eigenvalue weighted by Crippen LogP contribution is 2.32. The number of imidazole rings is 1. The lowest BCUT2D eigenvalue weighted by atomic mass is 10.1. The smallest absolute Gasteiger partial charge is 0.326 e. The topological polar surface area (TPSA) is 200 Å². The van der Waals surface area contributed by atoms with Gasteiger partial charge in [-0.25, -0.2) is 19.7 Å². The number of nitrogens with one attached hydrogen (secondary N) is 1. The highest BCUT2D eigenvalue weighted by atomic mass is 16.6. The number of hydrogen-bond donors (Lipinski definition) is 6. The van der Waals surface area contributed by atoms with Crippen LogP contribution >= 0.6 is 0 Å². The van der Waals surface area contributed by atoms with E-state index in [-0.39, 0.29) is 17.0 Å². The molecule has 1 saturated heterocycles. The van der Waals surface area contributed by atoms with E-state index in [0.717, 1.165) is 6.33 Å². The predicted octanol–water partition coefficient (Wildman–Crippen LogP) is -2.22. The van der Waals surface area contributed by atoms with E-state index in [2.05, 4.69) is 20.3 Å². The molecule has 0 aliphatic carbocycles. The largest absolute Gasteiger partial charge is 0.481 e. The van der Waals surface area contributed by atoms with Crippen LogP contribution in [-0.2, 0) is 14.3 Å². The van der Waals surface area contributed by atoms with Gasteiger partial charge in [0, 0.05) is 0 Å². The summed E-state index contributed by atoms with van der Waals surface area (Å²) in [5.41, 5.74) is 0.272. The number of nitrogens with zero attached hydrogens (tertiary/aromatic N) is 4. The first-order chi connectivity index (χ1) is 12.8. The van der Waals surface area contributed by atoms with Crippen molar-refractivity contribution in [3.63, 3.8) is 0 Å². The number of rotatable bonds is 7. The molecule has 13 heteroatoms. The molecule has 0 radical (unpaired) electrons.